The van der Waals surface area contributed by atoms with Gasteiger partial charge in [0.25, 0.3) is 5.91 Å². The van der Waals surface area contributed by atoms with E-state index in [9.17, 15) is 13.2 Å². The van der Waals surface area contributed by atoms with E-state index in [0.717, 1.165) is 15.4 Å². The molecule has 0 aliphatic carbocycles. The van der Waals surface area contributed by atoms with Crippen molar-refractivity contribution in [1.82, 2.24) is 9.73 Å². The van der Waals surface area contributed by atoms with Crippen LogP contribution in [0.5, 0.6) is 11.5 Å². The fourth-order valence-corrected chi connectivity index (χ4v) is 4.98. The molecule has 0 atom stereocenters. The Bertz CT molecular complexity index is 1330. The number of methoxy groups -OCH3 is 2. The normalized spacial score (nSPS) is 12.1. The first-order valence-corrected chi connectivity index (χ1v) is 13.2. The van der Waals surface area contributed by atoms with Crippen LogP contribution in [0.4, 0.5) is 0 Å². The van der Waals surface area contributed by atoms with Gasteiger partial charge in [0.05, 0.1) is 31.9 Å². The number of benzene rings is 3. The van der Waals surface area contributed by atoms with Gasteiger partial charge in [0.2, 0.25) is 10.0 Å². The van der Waals surface area contributed by atoms with Crippen molar-refractivity contribution >= 4 is 22.1 Å². The van der Waals surface area contributed by atoms with Crippen LogP contribution < -0.4 is 14.9 Å². The van der Waals surface area contributed by atoms with Gasteiger partial charge in [0.15, 0.2) is 11.5 Å². The maximum atomic E-state index is 13.6. The Morgan fingerprint density at radius 1 is 0.946 bits per heavy atom. The standard InChI is InChI=1S/C28H33N3O5S/c1-28(2,3)23-13-11-21(12-14-23)18-29-30-27(32)20-31(19-22-9-7-6-8-10-22)37(33,34)24-15-16-25(35-4)26(17-24)36-5/h6-18H,19-20H2,1-5H3,(H,30,32)/b29-18+. The molecule has 0 aromatic heterocycles. The van der Waals surface area contributed by atoms with Gasteiger partial charge in [-0.1, -0.05) is 75.4 Å². The van der Waals surface area contributed by atoms with E-state index in [0.29, 0.717) is 5.75 Å². The lowest BCUT2D eigenvalue weighted by atomic mass is 9.87. The number of sulfonamides is 1. The molecule has 0 unspecified atom stereocenters. The minimum Gasteiger partial charge on any atom is -0.493 e. The van der Waals surface area contributed by atoms with Crippen LogP contribution in [-0.4, -0.2) is 45.6 Å². The largest absolute Gasteiger partial charge is 0.493 e. The number of nitrogens with one attached hydrogen (secondary N) is 1. The Hall–Kier alpha value is -3.69. The molecule has 0 saturated heterocycles. The van der Waals surface area contributed by atoms with E-state index < -0.39 is 22.5 Å². The zero-order valence-electron chi connectivity index (χ0n) is 21.8. The maximum absolute atomic E-state index is 13.6. The van der Waals surface area contributed by atoms with Gasteiger partial charge in [-0.25, -0.2) is 13.8 Å². The van der Waals surface area contributed by atoms with E-state index in [1.165, 1.54) is 44.2 Å². The number of carbonyl (C=O) groups excluding carboxylic acids is 1. The fraction of sp³-hybridized carbons (Fsp3) is 0.286. The summed E-state index contributed by atoms with van der Waals surface area (Å²) in [6.45, 7) is 5.98. The summed E-state index contributed by atoms with van der Waals surface area (Å²) in [7, 11) is -1.16. The zero-order chi connectivity index (χ0) is 27.1. The molecule has 0 saturated carbocycles. The molecule has 3 aromatic carbocycles. The Balaban J connectivity index is 1.79. The van der Waals surface area contributed by atoms with Gasteiger partial charge in [0.1, 0.15) is 0 Å². The molecule has 8 nitrogen and oxygen atoms in total. The molecular formula is C28H33N3O5S. The number of carbonyl (C=O) groups is 1. The maximum Gasteiger partial charge on any atom is 0.255 e. The Morgan fingerprint density at radius 2 is 1.59 bits per heavy atom. The van der Waals surface area contributed by atoms with E-state index in [1.807, 2.05) is 42.5 Å². The SMILES string of the molecule is COc1ccc(S(=O)(=O)N(CC(=O)N/N=C/c2ccc(C(C)(C)C)cc2)Cc2ccccc2)cc1OC. The Morgan fingerprint density at radius 3 is 2.19 bits per heavy atom. The molecule has 0 aliphatic rings. The molecule has 196 valence electrons. The molecule has 1 N–H and O–H groups in total. The van der Waals surface area contributed by atoms with Crippen molar-refractivity contribution in [2.24, 2.45) is 5.10 Å². The van der Waals surface area contributed by atoms with Crippen molar-refractivity contribution in [3.8, 4) is 11.5 Å². The second-order valence-electron chi connectivity index (χ2n) is 9.44. The smallest absolute Gasteiger partial charge is 0.255 e. The summed E-state index contributed by atoms with van der Waals surface area (Å²) >= 11 is 0. The van der Waals surface area contributed by atoms with Gasteiger partial charge in [-0.3, -0.25) is 4.79 Å². The summed E-state index contributed by atoms with van der Waals surface area (Å²) in [5, 5.41) is 4.02. The summed E-state index contributed by atoms with van der Waals surface area (Å²) in [5.74, 6) is 0.107. The average Bonchev–Trinajstić information content (AvgIpc) is 2.88. The monoisotopic (exact) mass is 523 g/mol. The molecule has 3 aromatic rings. The molecule has 0 bridgehead atoms. The first-order chi connectivity index (χ1) is 17.5. The van der Waals surface area contributed by atoms with Gasteiger partial charge < -0.3 is 9.47 Å². The second-order valence-corrected chi connectivity index (χ2v) is 11.4. The Kier molecular flexibility index (Phi) is 9.07. The molecule has 0 heterocycles. The topological polar surface area (TPSA) is 97.3 Å². The van der Waals surface area contributed by atoms with E-state index in [-0.39, 0.29) is 22.6 Å². The van der Waals surface area contributed by atoms with Crippen molar-refractivity contribution in [3.05, 3.63) is 89.5 Å². The van der Waals surface area contributed by atoms with Crippen molar-refractivity contribution in [2.75, 3.05) is 20.8 Å². The minimum atomic E-state index is -4.06. The molecule has 3 rings (SSSR count). The highest BCUT2D eigenvalue weighted by atomic mass is 32.2. The number of hydrazone groups is 1. The third-order valence-corrected chi connectivity index (χ3v) is 7.48. The van der Waals surface area contributed by atoms with Gasteiger partial charge in [-0.05, 0) is 34.2 Å². The highest BCUT2D eigenvalue weighted by molar-refractivity contribution is 7.89. The molecule has 0 fully saturated rings. The third-order valence-electron chi connectivity index (χ3n) is 5.69. The van der Waals surface area contributed by atoms with Crippen LogP contribution in [0, 0.1) is 0 Å². The molecule has 0 aliphatic heterocycles. The zero-order valence-corrected chi connectivity index (χ0v) is 22.6. The van der Waals surface area contributed by atoms with Crippen LogP contribution in [0.2, 0.25) is 0 Å². The summed E-state index contributed by atoms with van der Waals surface area (Å²) in [6, 6.07) is 21.2. The fourth-order valence-electron chi connectivity index (χ4n) is 3.58. The summed E-state index contributed by atoms with van der Waals surface area (Å²) in [5.41, 5.74) is 5.21. The van der Waals surface area contributed by atoms with Crippen molar-refractivity contribution < 1.29 is 22.7 Å². The number of amides is 1. The first-order valence-electron chi connectivity index (χ1n) is 11.7. The Labute approximate surface area is 219 Å². The quantitative estimate of drug-likeness (QED) is 0.315. The molecule has 9 heteroatoms. The predicted octanol–water partition coefficient (Wildman–Crippen LogP) is 4.34. The average molecular weight is 524 g/mol. The van der Waals surface area contributed by atoms with Gasteiger partial charge in [-0.2, -0.15) is 9.41 Å². The van der Waals surface area contributed by atoms with Gasteiger partial charge in [0, 0.05) is 12.6 Å². The van der Waals surface area contributed by atoms with Crippen LogP contribution in [0.15, 0.2) is 82.8 Å². The third kappa shape index (κ3) is 7.41. The molecule has 37 heavy (non-hydrogen) atoms. The van der Waals surface area contributed by atoms with Crippen LogP contribution >= 0.6 is 0 Å². The van der Waals surface area contributed by atoms with E-state index >= 15 is 0 Å². The lowest BCUT2D eigenvalue weighted by molar-refractivity contribution is -0.121. The lowest BCUT2D eigenvalue weighted by Crippen LogP contribution is -2.39. The molecular weight excluding hydrogens is 490 g/mol. The van der Waals surface area contributed by atoms with Gasteiger partial charge >= 0.3 is 0 Å². The summed E-state index contributed by atoms with van der Waals surface area (Å²) in [4.78, 5) is 12.7. The van der Waals surface area contributed by atoms with Crippen LogP contribution in [0.25, 0.3) is 0 Å². The highest BCUT2D eigenvalue weighted by Crippen LogP contribution is 2.31. The van der Waals surface area contributed by atoms with Crippen LogP contribution in [-0.2, 0) is 26.8 Å². The van der Waals surface area contributed by atoms with E-state index in [2.05, 4.69) is 31.3 Å². The van der Waals surface area contributed by atoms with E-state index in [1.54, 1.807) is 12.1 Å². The van der Waals surface area contributed by atoms with Crippen LogP contribution in [0.1, 0.15) is 37.5 Å². The molecule has 1 amide bonds. The molecule has 0 radical (unpaired) electrons. The van der Waals surface area contributed by atoms with E-state index in [4.69, 9.17) is 9.47 Å². The number of nitrogens with zero attached hydrogens (tertiary/aromatic N) is 2. The number of hydrogen-bond donors (Lipinski definition) is 1. The predicted molar refractivity (Wildman–Crippen MR) is 144 cm³/mol. The van der Waals surface area contributed by atoms with Gasteiger partial charge in [-0.15, -0.1) is 0 Å². The minimum absolute atomic E-state index is 0.00289. The molecule has 0 spiro atoms. The number of ether oxygens (including phenoxy) is 2. The summed E-state index contributed by atoms with van der Waals surface area (Å²) in [6.07, 6.45) is 1.52. The van der Waals surface area contributed by atoms with Crippen LogP contribution in [0.3, 0.4) is 0 Å². The van der Waals surface area contributed by atoms with Crippen molar-refractivity contribution in [1.29, 1.82) is 0 Å². The first kappa shape index (κ1) is 27.9. The highest BCUT2D eigenvalue weighted by Gasteiger charge is 2.28. The number of rotatable bonds is 10. The van der Waals surface area contributed by atoms with Crippen molar-refractivity contribution in [2.45, 2.75) is 37.6 Å². The second kappa shape index (κ2) is 12.0. The summed E-state index contributed by atoms with van der Waals surface area (Å²) < 4.78 is 38.7. The lowest BCUT2D eigenvalue weighted by Gasteiger charge is -2.22. The number of hydrogen-bond acceptors (Lipinski definition) is 6. The van der Waals surface area contributed by atoms with Crippen molar-refractivity contribution in [3.63, 3.8) is 0 Å².